The molecule has 0 aliphatic heterocycles. The highest BCUT2D eigenvalue weighted by Gasteiger charge is 2.29. The number of thioether (sulfide) groups is 1. The van der Waals surface area contributed by atoms with E-state index in [0.717, 1.165) is 10.6 Å². The van der Waals surface area contributed by atoms with Crippen molar-refractivity contribution in [1.29, 1.82) is 0 Å². The summed E-state index contributed by atoms with van der Waals surface area (Å²) in [4.78, 5) is 0. The summed E-state index contributed by atoms with van der Waals surface area (Å²) in [6.07, 6.45) is 0. The van der Waals surface area contributed by atoms with Gasteiger partial charge >= 0.3 is 0 Å². The Balaban J connectivity index is 2.42. The number of benzene rings is 2. The second-order valence-electron chi connectivity index (χ2n) is 5.80. The zero-order valence-corrected chi connectivity index (χ0v) is 14.0. The molecular formula is C17H21OPS. The summed E-state index contributed by atoms with van der Waals surface area (Å²) in [6.45, 7) is 6.49. The van der Waals surface area contributed by atoms with Gasteiger partial charge in [0.2, 0.25) is 0 Å². The first-order valence-corrected chi connectivity index (χ1v) is 9.64. The Hall–Kier alpha value is -0.980. The van der Waals surface area contributed by atoms with Crippen molar-refractivity contribution in [2.75, 3.05) is 5.49 Å². The van der Waals surface area contributed by atoms with Crippen LogP contribution in [-0.4, -0.2) is 10.2 Å². The highest BCUT2D eigenvalue weighted by atomic mass is 32.2. The van der Waals surface area contributed by atoms with E-state index in [1.54, 1.807) is 11.8 Å². The molecule has 0 radical (unpaired) electrons. The zero-order valence-electron chi connectivity index (χ0n) is 12.2. The molecule has 20 heavy (non-hydrogen) atoms. The van der Waals surface area contributed by atoms with Crippen LogP contribution < -0.4 is 10.6 Å². The summed E-state index contributed by atoms with van der Waals surface area (Å²) in [5.74, 6) is 0. The fourth-order valence-electron chi connectivity index (χ4n) is 1.92. The molecule has 0 aliphatic carbocycles. The SMILES string of the molecule is CC(C)(C)SCP(=O)(c1ccccc1)c1ccccc1. The average Bonchev–Trinajstić information content (AvgIpc) is 2.46. The van der Waals surface area contributed by atoms with Crippen LogP contribution in [0.15, 0.2) is 60.7 Å². The van der Waals surface area contributed by atoms with E-state index >= 15 is 0 Å². The van der Waals surface area contributed by atoms with Crippen molar-refractivity contribution in [3.8, 4) is 0 Å². The van der Waals surface area contributed by atoms with Gasteiger partial charge in [0.05, 0.1) is 5.49 Å². The maximum atomic E-state index is 13.6. The van der Waals surface area contributed by atoms with Gasteiger partial charge in [-0.3, -0.25) is 0 Å². The minimum Gasteiger partial charge on any atom is -0.313 e. The van der Waals surface area contributed by atoms with Crippen molar-refractivity contribution in [3.63, 3.8) is 0 Å². The summed E-state index contributed by atoms with van der Waals surface area (Å²) in [5, 5.41) is 1.89. The van der Waals surface area contributed by atoms with Crippen LogP contribution in [0.4, 0.5) is 0 Å². The monoisotopic (exact) mass is 304 g/mol. The molecule has 0 aliphatic rings. The molecule has 0 aromatic heterocycles. The predicted octanol–water partition coefficient (Wildman–Crippen LogP) is 4.49. The van der Waals surface area contributed by atoms with Gasteiger partial charge in [-0.05, 0) is 0 Å². The Labute approximate surface area is 126 Å². The molecule has 2 rings (SSSR count). The Bertz CT molecular complexity index is 544. The van der Waals surface area contributed by atoms with E-state index < -0.39 is 7.14 Å². The fourth-order valence-corrected chi connectivity index (χ4v) is 6.99. The Kier molecular flexibility index (Phi) is 4.78. The van der Waals surface area contributed by atoms with Crippen LogP contribution in [0.25, 0.3) is 0 Å². The van der Waals surface area contributed by atoms with Gasteiger partial charge in [-0.25, -0.2) is 0 Å². The maximum Gasteiger partial charge on any atom is 0.152 e. The molecule has 0 saturated heterocycles. The van der Waals surface area contributed by atoms with Gasteiger partial charge in [0.15, 0.2) is 7.14 Å². The summed E-state index contributed by atoms with van der Waals surface area (Å²) >= 11 is 1.77. The average molecular weight is 304 g/mol. The Morgan fingerprint density at radius 1 is 0.850 bits per heavy atom. The standard InChI is InChI=1S/C17H21OPS/c1-17(2,3)20-14-19(18,15-10-6-4-7-11-15)16-12-8-5-9-13-16/h4-13H,14H2,1-3H3. The molecule has 1 nitrogen and oxygen atoms in total. The highest BCUT2D eigenvalue weighted by Crippen LogP contribution is 2.48. The molecule has 0 unspecified atom stereocenters. The summed E-state index contributed by atoms with van der Waals surface area (Å²) in [7, 11) is -2.56. The molecule has 0 N–H and O–H groups in total. The number of rotatable bonds is 4. The van der Waals surface area contributed by atoms with Gasteiger partial charge in [-0.1, -0.05) is 81.4 Å². The van der Waals surface area contributed by atoms with Gasteiger partial charge in [0.1, 0.15) is 0 Å². The van der Waals surface area contributed by atoms with E-state index in [1.165, 1.54) is 0 Å². The van der Waals surface area contributed by atoms with Gasteiger partial charge in [-0.15, -0.1) is 11.8 Å². The second-order valence-corrected chi connectivity index (χ2v) is 10.9. The largest absolute Gasteiger partial charge is 0.313 e. The lowest BCUT2D eigenvalue weighted by atomic mass is 10.3. The van der Waals surface area contributed by atoms with E-state index in [4.69, 9.17) is 0 Å². The molecule has 0 spiro atoms. The lowest BCUT2D eigenvalue weighted by Crippen LogP contribution is -2.19. The molecule has 0 bridgehead atoms. The van der Waals surface area contributed by atoms with Gasteiger partial charge < -0.3 is 4.57 Å². The summed E-state index contributed by atoms with van der Waals surface area (Å²) in [5.41, 5.74) is 0.643. The topological polar surface area (TPSA) is 17.1 Å². The quantitative estimate of drug-likeness (QED) is 0.774. The molecule has 0 amide bonds. The number of hydrogen-bond donors (Lipinski definition) is 0. The summed E-state index contributed by atoms with van der Waals surface area (Å²) < 4.78 is 13.8. The van der Waals surface area contributed by atoms with Crippen molar-refractivity contribution < 1.29 is 4.57 Å². The molecule has 2 aromatic rings. The van der Waals surface area contributed by atoms with Gasteiger partial charge in [0.25, 0.3) is 0 Å². The van der Waals surface area contributed by atoms with E-state index in [9.17, 15) is 4.57 Å². The minimum atomic E-state index is -2.56. The second kappa shape index (κ2) is 6.20. The van der Waals surface area contributed by atoms with Crippen LogP contribution in [0.1, 0.15) is 20.8 Å². The van der Waals surface area contributed by atoms with Crippen molar-refractivity contribution in [3.05, 3.63) is 60.7 Å². The Morgan fingerprint density at radius 3 is 1.60 bits per heavy atom. The molecule has 3 heteroatoms. The van der Waals surface area contributed by atoms with E-state index in [1.807, 2.05) is 60.7 Å². The minimum absolute atomic E-state index is 0.110. The van der Waals surface area contributed by atoms with Crippen LogP contribution in [0.2, 0.25) is 0 Å². The first-order chi connectivity index (χ1) is 9.42. The smallest absolute Gasteiger partial charge is 0.152 e. The van der Waals surface area contributed by atoms with Crippen molar-refractivity contribution in [2.45, 2.75) is 25.5 Å². The lowest BCUT2D eigenvalue weighted by molar-refractivity contribution is 0.589. The van der Waals surface area contributed by atoms with Crippen LogP contribution in [0.3, 0.4) is 0 Å². The van der Waals surface area contributed by atoms with Crippen LogP contribution in [0.5, 0.6) is 0 Å². The van der Waals surface area contributed by atoms with Gasteiger partial charge in [0, 0.05) is 15.4 Å². The molecular weight excluding hydrogens is 283 g/mol. The summed E-state index contributed by atoms with van der Waals surface area (Å²) in [6, 6.07) is 19.7. The third-order valence-electron chi connectivity index (χ3n) is 3.03. The first-order valence-electron chi connectivity index (χ1n) is 6.76. The molecule has 106 valence electrons. The molecule has 0 saturated carbocycles. The molecule has 2 aromatic carbocycles. The normalized spacial score (nSPS) is 12.3. The van der Waals surface area contributed by atoms with Crippen molar-refractivity contribution in [2.24, 2.45) is 0 Å². The predicted molar refractivity (Wildman–Crippen MR) is 92.0 cm³/mol. The van der Waals surface area contributed by atoms with Crippen molar-refractivity contribution >= 4 is 29.5 Å². The van der Waals surface area contributed by atoms with E-state index in [0.29, 0.717) is 5.49 Å². The highest BCUT2D eigenvalue weighted by molar-refractivity contribution is 8.08. The van der Waals surface area contributed by atoms with E-state index in [2.05, 4.69) is 20.8 Å². The molecule has 0 atom stereocenters. The van der Waals surface area contributed by atoms with Gasteiger partial charge in [-0.2, -0.15) is 0 Å². The first kappa shape index (κ1) is 15.4. The van der Waals surface area contributed by atoms with Crippen LogP contribution >= 0.6 is 18.9 Å². The molecule has 0 fully saturated rings. The zero-order chi connectivity index (χ0) is 14.6. The fraction of sp³-hybridized carbons (Fsp3) is 0.294. The van der Waals surface area contributed by atoms with E-state index in [-0.39, 0.29) is 4.75 Å². The van der Waals surface area contributed by atoms with Crippen LogP contribution in [-0.2, 0) is 4.57 Å². The maximum absolute atomic E-state index is 13.6. The Morgan fingerprint density at radius 2 is 1.25 bits per heavy atom. The lowest BCUT2D eigenvalue weighted by Gasteiger charge is -2.24. The van der Waals surface area contributed by atoms with Crippen molar-refractivity contribution in [1.82, 2.24) is 0 Å². The third kappa shape index (κ3) is 3.77. The third-order valence-corrected chi connectivity index (χ3v) is 8.13. The van der Waals surface area contributed by atoms with Crippen LogP contribution in [0, 0.1) is 0 Å². The molecule has 0 heterocycles. The number of hydrogen-bond acceptors (Lipinski definition) is 2.